The van der Waals surface area contributed by atoms with Crippen LogP contribution in [0.5, 0.6) is 0 Å². The molecule has 0 saturated carbocycles. The second kappa shape index (κ2) is 7.50. The summed E-state index contributed by atoms with van der Waals surface area (Å²) >= 11 is 0. The Morgan fingerprint density at radius 1 is 1.12 bits per heavy atom. The monoisotopic (exact) mass is 353 g/mol. The number of carbonyl (C=O) groups is 1. The first-order valence-electron chi connectivity index (χ1n) is 9.51. The molecule has 2 aromatic heterocycles. The molecule has 0 unspecified atom stereocenters. The highest BCUT2D eigenvalue weighted by atomic mass is 16.2. The third-order valence-electron chi connectivity index (χ3n) is 5.63. The van der Waals surface area contributed by atoms with Gasteiger partial charge in [0.05, 0.1) is 12.6 Å². The smallest absolute Gasteiger partial charge is 0.236 e. The Bertz CT molecular complexity index is 736. The molecule has 0 aromatic carbocycles. The van der Waals surface area contributed by atoms with Gasteiger partial charge in [0.15, 0.2) is 0 Å². The van der Waals surface area contributed by atoms with Crippen LogP contribution in [0.2, 0.25) is 0 Å². The zero-order chi connectivity index (χ0) is 17.9. The van der Waals surface area contributed by atoms with Crippen molar-refractivity contribution in [3.8, 4) is 0 Å². The number of rotatable bonds is 4. The van der Waals surface area contributed by atoms with Crippen molar-refractivity contribution in [2.45, 2.75) is 18.9 Å². The van der Waals surface area contributed by atoms with Crippen molar-refractivity contribution in [2.75, 3.05) is 44.2 Å². The second-order valence-corrected chi connectivity index (χ2v) is 7.23. The van der Waals surface area contributed by atoms with E-state index >= 15 is 0 Å². The minimum absolute atomic E-state index is 0.256. The third kappa shape index (κ3) is 3.46. The molecule has 26 heavy (non-hydrogen) atoms. The summed E-state index contributed by atoms with van der Waals surface area (Å²) in [5.74, 6) is 1.26. The van der Waals surface area contributed by atoms with Gasteiger partial charge in [-0.15, -0.1) is 0 Å². The average Bonchev–Trinajstić information content (AvgIpc) is 3.31. The van der Waals surface area contributed by atoms with Crippen molar-refractivity contribution in [1.82, 2.24) is 19.4 Å². The fourth-order valence-electron chi connectivity index (χ4n) is 4.17. The van der Waals surface area contributed by atoms with Crippen LogP contribution in [-0.2, 0) is 11.8 Å². The Morgan fingerprint density at radius 3 is 2.65 bits per heavy atom. The summed E-state index contributed by atoms with van der Waals surface area (Å²) in [5, 5.41) is 0. The maximum absolute atomic E-state index is 12.8. The Kier molecular flexibility index (Phi) is 4.93. The van der Waals surface area contributed by atoms with Gasteiger partial charge in [0.1, 0.15) is 5.82 Å². The summed E-state index contributed by atoms with van der Waals surface area (Å²) < 4.78 is 2.18. The molecule has 2 aliphatic rings. The van der Waals surface area contributed by atoms with E-state index in [1.54, 1.807) is 0 Å². The number of piperazine rings is 1. The molecule has 1 atom stereocenters. The van der Waals surface area contributed by atoms with Gasteiger partial charge in [0, 0.05) is 51.3 Å². The van der Waals surface area contributed by atoms with Crippen molar-refractivity contribution in [3.05, 3.63) is 48.4 Å². The average molecular weight is 353 g/mol. The van der Waals surface area contributed by atoms with Gasteiger partial charge in [-0.1, -0.05) is 6.07 Å². The van der Waals surface area contributed by atoms with Crippen LogP contribution >= 0.6 is 0 Å². The van der Waals surface area contributed by atoms with Gasteiger partial charge in [-0.05, 0) is 43.7 Å². The lowest BCUT2D eigenvalue weighted by Crippen LogP contribution is -2.51. The molecule has 6 heteroatoms. The van der Waals surface area contributed by atoms with Crippen LogP contribution < -0.4 is 4.90 Å². The lowest BCUT2D eigenvalue weighted by atomic mass is 10.1. The maximum Gasteiger partial charge on any atom is 0.236 e. The quantitative estimate of drug-likeness (QED) is 0.842. The highest BCUT2D eigenvalue weighted by molar-refractivity contribution is 5.78. The molecule has 2 saturated heterocycles. The van der Waals surface area contributed by atoms with Crippen molar-refractivity contribution >= 4 is 11.7 Å². The van der Waals surface area contributed by atoms with Crippen LogP contribution in [0.3, 0.4) is 0 Å². The standard InChI is InChI=1S/C20H27N5O/c1-22-10-4-6-17(22)18-7-5-11-25(18)16-20(26)24-14-12-23(13-15-24)19-8-2-3-9-21-19/h2-4,6,8-10,18H,5,7,11-16H2,1H3/t18-/m0/s1. The SMILES string of the molecule is Cn1cccc1[C@@H]1CCCN1CC(=O)N1CCN(c2ccccn2)CC1. The molecule has 138 valence electrons. The minimum atomic E-state index is 0.256. The fourth-order valence-corrected chi connectivity index (χ4v) is 4.17. The van der Waals surface area contributed by atoms with Gasteiger partial charge >= 0.3 is 0 Å². The molecule has 0 N–H and O–H groups in total. The number of carbonyl (C=O) groups excluding carboxylic acids is 1. The molecule has 2 fully saturated rings. The molecule has 0 aliphatic carbocycles. The minimum Gasteiger partial charge on any atom is -0.353 e. The van der Waals surface area contributed by atoms with E-state index in [1.807, 2.05) is 29.3 Å². The largest absolute Gasteiger partial charge is 0.353 e. The van der Waals surface area contributed by atoms with Crippen molar-refractivity contribution in [1.29, 1.82) is 0 Å². The van der Waals surface area contributed by atoms with Crippen molar-refractivity contribution in [3.63, 3.8) is 0 Å². The van der Waals surface area contributed by atoms with E-state index in [0.29, 0.717) is 12.6 Å². The van der Waals surface area contributed by atoms with E-state index in [0.717, 1.165) is 51.4 Å². The van der Waals surface area contributed by atoms with E-state index in [2.05, 4.69) is 44.7 Å². The number of nitrogens with zero attached hydrogens (tertiary/aromatic N) is 5. The number of amides is 1. The van der Waals surface area contributed by atoms with Gasteiger partial charge in [-0.2, -0.15) is 0 Å². The molecular weight excluding hydrogens is 326 g/mol. The second-order valence-electron chi connectivity index (χ2n) is 7.23. The predicted octanol–water partition coefficient (Wildman–Crippen LogP) is 1.91. The van der Waals surface area contributed by atoms with E-state index in [9.17, 15) is 4.79 Å². The van der Waals surface area contributed by atoms with Crippen LogP contribution in [0.4, 0.5) is 5.82 Å². The summed E-state index contributed by atoms with van der Waals surface area (Å²) in [6.07, 6.45) is 6.21. The summed E-state index contributed by atoms with van der Waals surface area (Å²) in [6, 6.07) is 10.6. The number of pyridine rings is 1. The normalized spacial score (nSPS) is 21.3. The van der Waals surface area contributed by atoms with Crippen LogP contribution in [-0.4, -0.2) is 64.5 Å². The van der Waals surface area contributed by atoms with Crippen LogP contribution in [0.15, 0.2) is 42.7 Å². The fraction of sp³-hybridized carbons (Fsp3) is 0.500. The Balaban J connectivity index is 1.33. The van der Waals surface area contributed by atoms with Gasteiger partial charge in [-0.25, -0.2) is 4.98 Å². The Labute approximate surface area is 155 Å². The number of aromatic nitrogens is 2. The first kappa shape index (κ1) is 17.1. The molecule has 4 rings (SSSR count). The molecule has 2 aromatic rings. The summed E-state index contributed by atoms with van der Waals surface area (Å²) in [7, 11) is 2.09. The lowest BCUT2D eigenvalue weighted by Gasteiger charge is -2.36. The third-order valence-corrected chi connectivity index (χ3v) is 5.63. The van der Waals surface area contributed by atoms with Crippen LogP contribution in [0, 0.1) is 0 Å². The maximum atomic E-state index is 12.8. The van der Waals surface area contributed by atoms with Gasteiger partial charge < -0.3 is 14.4 Å². The van der Waals surface area contributed by atoms with Gasteiger partial charge in [0.2, 0.25) is 5.91 Å². The molecule has 2 aliphatic heterocycles. The summed E-state index contributed by atoms with van der Waals surface area (Å²) in [4.78, 5) is 23.9. The molecule has 1 amide bonds. The van der Waals surface area contributed by atoms with Crippen LogP contribution in [0.25, 0.3) is 0 Å². The van der Waals surface area contributed by atoms with E-state index in [4.69, 9.17) is 0 Å². The number of anilines is 1. The zero-order valence-corrected chi connectivity index (χ0v) is 15.4. The highest BCUT2D eigenvalue weighted by Crippen LogP contribution is 2.31. The van der Waals surface area contributed by atoms with E-state index in [1.165, 1.54) is 5.69 Å². The molecule has 4 heterocycles. The Hall–Kier alpha value is -2.34. The molecule has 0 bridgehead atoms. The molecular formula is C20H27N5O. The molecule has 6 nitrogen and oxygen atoms in total. The number of hydrogen-bond donors (Lipinski definition) is 0. The number of hydrogen-bond acceptors (Lipinski definition) is 4. The highest BCUT2D eigenvalue weighted by Gasteiger charge is 2.31. The molecule has 0 spiro atoms. The lowest BCUT2D eigenvalue weighted by molar-refractivity contribution is -0.133. The summed E-state index contributed by atoms with van der Waals surface area (Å²) in [5.41, 5.74) is 1.32. The van der Waals surface area contributed by atoms with Gasteiger partial charge in [-0.3, -0.25) is 9.69 Å². The van der Waals surface area contributed by atoms with E-state index in [-0.39, 0.29) is 5.91 Å². The zero-order valence-electron chi connectivity index (χ0n) is 15.4. The van der Waals surface area contributed by atoms with Crippen molar-refractivity contribution in [2.24, 2.45) is 7.05 Å². The van der Waals surface area contributed by atoms with Crippen molar-refractivity contribution < 1.29 is 4.79 Å². The molecule has 0 radical (unpaired) electrons. The topological polar surface area (TPSA) is 44.6 Å². The first-order chi connectivity index (χ1) is 12.7. The summed E-state index contributed by atoms with van der Waals surface area (Å²) in [6.45, 7) is 4.79. The Morgan fingerprint density at radius 2 is 1.96 bits per heavy atom. The number of likely N-dealkylation sites (tertiary alicyclic amines) is 1. The first-order valence-corrected chi connectivity index (χ1v) is 9.51. The van der Waals surface area contributed by atoms with Crippen LogP contribution in [0.1, 0.15) is 24.6 Å². The number of aryl methyl sites for hydroxylation is 1. The van der Waals surface area contributed by atoms with E-state index < -0.39 is 0 Å². The predicted molar refractivity (Wildman–Crippen MR) is 102 cm³/mol. The van der Waals surface area contributed by atoms with Gasteiger partial charge in [0.25, 0.3) is 0 Å².